The topological polar surface area (TPSA) is 73.5 Å². The van der Waals surface area contributed by atoms with Crippen molar-refractivity contribution in [3.63, 3.8) is 0 Å². The SMILES string of the molecule is Cc1cccc(C(=O)Oc2ccc(Br)cc2C=Nn2c(-c3ccc(Cl)cc3)nc3ccccc3c2=O)c1. The lowest BCUT2D eigenvalue weighted by molar-refractivity contribution is 0.0734. The minimum atomic E-state index is -0.493. The number of ether oxygens (including phenoxy) is 1. The molecule has 4 aromatic carbocycles. The molecule has 0 N–H and O–H groups in total. The van der Waals surface area contributed by atoms with Crippen molar-refractivity contribution < 1.29 is 9.53 Å². The maximum Gasteiger partial charge on any atom is 0.343 e. The predicted molar refractivity (Wildman–Crippen MR) is 150 cm³/mol. The molecule has 1 heterocycles. The lowest BCUT2D eigenvalue weighted by atomic mass is 10.1. The summed E-state index contributed by atoms with van der Waals surface area (Å²) in [5.74, 6) is 0.158. The van der Waals surface area contributed by atoms with Crippen molar-refractivity contribution in [2.24, 2.45) is 5.10 Å². The number of aryl methyl sites for hydroxylation is 1. The summed E-state index contributed by atoms with van der Waals surface area (Å²) in [6, 6.07) is 26.4. The Morgan fingerprint density at radius 3 is 2.57 bits per heavy atom. The minimum Gasteiger partial charge on any atom is -0.422 e. The number of hydrogen-bond donors (Lipinski definition) is 0. The molecule has 37 heavy (non-hydrogen) atoms. The standard InChI is InChI=1S/C29H19BrClN3O3/c1-18-5-4-6-20(15-18)29(36)37-26-14-11-22(30)16-21(26)17-32-34-27(19-9-12-23(31)13-10-19)33-25-8-3-2-7-24(25)28(34)35/h2-17H,1H3. The first-order valence-electron chi connectivity index (χ1n) is 11.3. The number of carbonyl (C=O) groups is 1. The van der Waals surface area contributed by atoms with Gasteiger partial charge in [0, 0.05) is 20.6 Å². The highest BCUT2D eigenvalue weighted by atomic mass is 79.9. The summed E-state index contributed by atoms with van der Waals surface area (Å²) in [4.78, 5) is 30.9. The summed E-state index contributed by atoms with van der Waals surface area (Å²) < 4.78 is 7.68. The molecule has 0 unspecified atom stereocenters. The molecule has 8 heteroatoms. The van der Waals surface area contributed by atoms with E-state index in [0.29, 0.717) is 44.2 Å². The first-order valence-corrected chi connectivity index (χ1v) is 12.5. The number of fused-ring (bicyclic) bond motifs is 1. The molecular weight excluding hydrogens is 554 g/mol. The Morgan fingerprint density at radius 2 is 1.78 bits per heavy atom. The average molecular weight is 573 g/mol. The molecule has 0 aliphatic rings. The molecule has 0 amide bonds. The molecule has 0 bridgehead atoms. The molecule has 0 saturated heterocycles. The fourth-order valence-electron chi connectivity index (χ4n) is 3.78. The molecule has 0 aliphatic heterocycles. The second-order valence-electron chi connectivity index (χ2n) is 8.26. The van der Waals surface area contributed by atoms with Crippen molar-refractivity contribution >= 4 is 50.6 Å². The van der Waals surface area contributed by atoms with Gasteiger partial charge >= 0.3 is 5.97 Å². The number of benzene rings is 4. The maximum absolute atomic E-state index is 13.4. The third-order valence-corrected chi connectivity index (χ3v) is 6.34. The Balaban J connectivity index is 1.59. The van der Waals surface area contributed by atoms with Crippen LogP contribution in [0.2, 0.25) is 5.02 Å². The molecular formula is C29H19BrClN3O3. The van der Waals surface area contributed by atoms with Gasteiger partial charge in [-0.2, -0.15) is 9.78 Å². The molecule has 0 radical (unpaired) electrons. The van der Waals surface area contributed by atoms with E-state index in [9.17, 15) is 9.59 Å². The number of para-hydroxylation sites is 1. The van der Waals surface area contributed by atoms with Gasteiger partial charge in [0.1, 0.15) is 5.75 Å². The van der Waals surface area contributed by atoms with Crippen LogP contribution < -0.4 is 10.3 Å². The van der Waals surface area contributed by atoms with Crippen LogP contribution in [-0.2, 0) is 0 Å². The lowest BCUT2D eigenvalue weighted by Crippen LogP contribution is -2.20. The van der Waals surface area contributed by atoms with Crippen LogP contribution in [0.3, 0.4) is 0 Å². The van der Waals surface area contributed by atoms with E-state index in [1.54, 1.807) is 78.9 Å². The Labute approximate surface area is 226 Å². The minimum absolute atomic E-state index is 0.299. The number of carbonyl (C=O) groups excluding carboxylic acids is 1. The fourth-order valence-corrected chi connectivity index (χ4v) is 4.29. The van der Waals surface area contributed by atoms with Crippen molar-refractivity contribution in [3.8, 4) is 17.1 Å². The average Bonchev–Trinajstić information content (AvgIpc) is 2.90. The third kappa shape index (κ3) is 5.38. The maximum atomic E-state index is 13.4. The molecule has 0 spiro atoms. The summed E-state index contributed by atoms with van der Waals surface area (Å²) in [7, 11) is 0. The molecule has 5 rings (SSSR count). The highest BCUT2D eigenvalue weighted by molar-refractivity contribution is 9.10. The zero-order valence-electron chi connectivity index (χ0n) is 19.6. The highest BCUT2D eigenvalue weighted by Gasteiger charge is 2.14. The van der Waals surface area contributed by atoms with Crippen molar-refractivity contribution in [2.45, 2.75) is 6.92 Å². The number of aromatic nitrogens is 2. The molecule has 0 atom stereocenters. The van der Waals surface area contributed by atoms with E-state index in [-0.39, 0.29) is 5.56 Å². The van der Waals surface area contributed by atoms with Crippen LogP contribution in [0.4, 0.5) is 0 Å². The summed E-state index contributed by atoms with van der Waals surface area (Å²) in [5, 5.41) is 5.49. The van der Waals surface area contributed by atoms with E-state index in [1.807, 2.05) is 19.1 Å². The first-order chi connectivity index (χ1) is 17.9. The van der Waals surface area contributed by atoms with Gasteiger partial charge in [-0.1, -0.05) is 57.4 Å². The highest BCUT2D eigenvalue weighted by Crippen LogP contribution is 2.24. The van der Waals surface area contributed by atoms with Crippen LogP contribution in [0, 0.1) is 6.92 Å². The van der Waals surface area contributed by atoms with Gasteiger partial charge in [0.05, 0.1) is 22.7 Å². The van der Waals surface area contributed by atoms with E-state index >= 15 is 0 Å². The van der Waals surface area contributed by atoms with Gasteiger partial charge in [0.15, 0.2) is 5.82 Å². The van der Waals surface area contributed by atoms with E-state index in [4.69, 9.17) is 21.3 Å². The number of esters is 1. The molecule has 182 valence electrons. The van der Waals surface area contributed by atoms with Crippen molar-refractivity contribution in [2.75, 3.05) is 0 Å². The molecule has 5 aromatic rings. The van der Waals surface area contributed by atoms with E-state index < -0.39 is 5.97 Å². The number of hydrogen-bond acceptors (Lipinski definition) is 5. The van der Waals surface area contributed by atoms with Crippen LogP contribution >= 0.6 is 27.5 Å². The Kier molecular flexibility index (Phi) is 6.99. The van der Waals surface area contributed by atoms with Crippen molar-refractivity contribution in [1.29, 1.82) is 0 Å². The number of nitrogens with zero attached hydrogens (tertiary/aromatic N) is 3. The van der Waals surface area contributed by atoms with Crippen LogP contribution in [0.15, 0.2) is 105 Å². The van der Waals surface area contributed by atoms with Gasteiger partial charge < -0.3 is 4.74 Å². The largest absolute Gasteiger partial charge is 0.422 e. The van der Waals surface area contributed by atoms with Gasteiger partial charge in [0.2, 0.25) is 0 Å². The normalized spacial score (nSPS) is 11.2. The van der Waals surface area contributed by atoms with E-state index in [2.05, 4.69) is 21.0 Å². The van der Waals surface area contributed by atoms with Gasteiger partial charge in [-0.05, 0) is 73.7 Å². The molecule has 1 aromatic heterocycles. The second-order valence-corrected chi connectivity index (χ2v) is 9.61. The van der Waals surface area contributed by atoms with Crippen LogP contribution in [0.25, 0.3) is 22.3 Å². The van der Waals surface area contributed by atoms with E-state index in [1.165, 1.54) is 10.9 Å². The lowest BCUT2D eigenvalue weighted by Gasteiger charge is -2.11. The van der Waals surface area contributed by atoms with Crippen LogP contribution in [0.1, 0.15) is 21.5 Å². The Hall–Kier alpha value is -4.07. The molecule has 0 saturated carbocycles. The quantitative estimate of drug-likeness (QED) is 0.131. The fraction of sp³-hybridized carbons (Fsp3) is 0.0345. The molecule has 0 fully saturated rings. The number of halogens is 2. The van der Waals surface area contributed by atoms with Crippen molar-refractivity contribution in [3.05, 3.63) is 128 Å². The van der Waals surface area contributed by atoms with Gasteiger partial charge in [-0.25, -0.2) is 9.78 Å². The van der Waals surface area contributed by atoms with E-state index in [0.717, 1.165) is 10.0 Å². The first kappa shape index (κ1) is 24.6. The molecule has 0 aliphatic carbocycles. The second kappa shape index (κ2) is 10.5. The predicted octanol–water partition coefficient (Wildman–Crippen LogP) is 6.89. The smallest absolute Gasteiger partial charge is 0.343 e. The Bertz CT molecular complexity index is 1730. The van der Waals surface area contributed by atoms with Gasteiger partial charge in [0.25, 0.3) is 5.56 Å². The Morgan fingerprint density at radius 1 is 1.00 bits per heavy atom. The van der Waals surface area contributed by atoms with Gasteiger partial charge in [-0.3, -0.25) is 4.79 Å². The zero-order chi connectivity index (χ0) is 25.9. The number of rotatable bonds is 5. The van der Waals surface area contributed by atoms with Crippen LogP contribution in [0.5, 0.6) is 5.75 Å². The molecule has 6 nitrogen and oxygen atoms in total. The monoisotopic (exact) mass is 571 g/mol. The third-order valence-electron chi connectivity index (χ3n) is 5.60. The summed E-state index contributed by atoms with van der Waals surface area (Å²) in [5.41, 5.74) is 2.78. The van der Waals surface area contributed by atoms with Crippen LogP contribution in [-0.4, -0.2) is 21.8 Å². The summed E-state index contributed by atoms with van der Waals surface area (Å²) >= 11 is 9.52. The van der Waals surface area contributed by atoms with Crippen molar-refractivity contribution in [1.82, 2.24) is 9.66 Å². The van der Waals surface area contributed by atoms with Gasteiger partial charge in [-0.15, -0.1) is 0 Å². The zero-order valence-corrected chi connectivity index (χ0v) is 21.9. The summed E-state index contributed by atoms with van der Waals surface area (Å²) in [6.07, 6.45) is 1.47. The summed E-state index contributed by atoms with van der Waals surface area (Å²) in [6.45, 7) is 1.90.